The van der Waals surface area contributed by atoms with Gasteiger partial charge in [-0.15, -0.1) is 23.4 Å². The molecule has 0 N–H and O–H groups in total. The maximum atomic E-state index is 5.71. The molecule has 0 spiro atoms. The third-order valence-electron chi connectivity index (χ3n) is 2.91. The molecule has 0 aliphatic carbocycles. The largest absolute Gasteiger partial charge is 0.486 e. The van der Waals surface area contributed by atoms with Gasteiger partial charge in [0.2, 0.25) is 0 Å². The summed E-state index contributed by atoms with van der Waals surface area (Å²) >= 11 is 7.44. The van der Waals surface area contributed by atoms with Crippen molar-refractivity contribution in [2.45, 2.75) is 11.4 Å². The fraction of sp³-hybridized carbons (Fsp3) is 0.357. The molecule has 3 nitrogen and oxygen atoms in total. The van der Waals surface area contributed by atoms with Gasteiger partial charge in [-0.1, -0.05) is 0 Å². The van der Waals surface area contributed by atoms with E-state index in [2.05, 4.69) is 4.98 Å². The van der Waals surface area contributed by atoms with Gasteiger partial charge in [-0.05, 0) is 30.0 Å². The summed E-state index contributed by atoms with van der Waals surface area (Å²) in [4.78, 5) is 4.45. The van der Waals surface area contributed by atoms with E-state index in [1.165, 1.54) is 0 Å². The number of nitrogens with zero attached hydrogens (tertiary/aromatic N) is 1. The van der Waals surface area contributed by atoms with Gasteiger partial charge in [0.05, 0.1) is 0 Å². The number of fused-ring (bicyclic) bond motifs is 2. The minimum atomic E-state index is 0.605. The number of benzene rings is 1. The highest BCUT2D eigenvalue weighted by Crippen LogP contribution is 2.37. The molecule has 100 valence electrons. The lowest BCUT2D eigenvalue weighted by Crippen LogP contribution is -2.15. The van der Waals surface area contributed by atoms with Crippen LogP contribution in [0.15, 0.2) is 29.4 Å². The minimum Gasteiger partial charge on any atom is -0.486 e. The monoisotopic (exact) mass is 295 g/mol. The quantitative estimate of drug-likeness (QED) is 0.489. The normalized spacial score (nSPS) is 13.7. The van der Waals surface area contributed by atoms with Crippen molar-refractivity contribution in [2.75, 3.05) is 24.8 Å². The highest BCUT2D eigenvalue weighted by atomic mass is 35.5. The second kappa shape index (κ2) is 5.88. The van der Waals surface area contributed by atoms with Crippen molar-refractivity contribution in [1.29, 1.82) is 0 Å². The molecule has 1 aromatic heterocycles. The van der Waals surface area contributed by atoms with Crippen LogP contribution in [0.4, 0.5) is 0 Å². The molecule has 0 fully saturated rings. The predicted octanol–water partition coefficient (Wildman–Crippen LogP) is 3.73. The van der Waals surface area contributed by atoms with E-state index in [9.17, 15) is 0 Å². The van der Waals surface area contributed by atoms with Gasteiger partial charge in [0, 0.05) is 23.2 Å². The number of hydrogen-bond donors (Lipinski definition) is 0. The molecule has 2 aromatic rings. The number of pyridine rings is 1. The number of rotatable bonds is 4. The van der Waals surface area contributed by atoms with Crippen LogP contribution in [-0.4, -0.2) is 29.8 Å². The lowest BCUT2D eigenvalue weighted by Gasteiger charge is -2.19. The summed E-state index contributed by atoms with van der Waals surface area (Å²) in [6, 6.07) is 6.05. The van der Waals surface area contributed by atoms with Crippen molar-refractivity contribution in [3.8, 4) is 11.5 Å². The van der Waals surface area contributed by atoms with Gasteiger partial charge >= 0.3 is 0 Å². The van der Waals surface area contributed by atoms with Crippen LogP contribution in [-0.2, 0) is 0 Å². The van der Waals surface area contributed by atoms with E-state index in [-0.39, 0.29) is 0 Å². The molecule has 1 aromatic carbocycles. The molecule has 0 unspecified atom stereocenters. The smallest absolute Gasteiger partial charge is 0.162 e. The van der Waals surface area contributed by atoms with Crippen LogP contribution in [0.1, 0.15) is 6.42 Å². The molecule has 3 rings (SSSR count). The highest BCUT2D eigenvalue weighted by Gasteiger charge is 2.14. The van der Waals surface area contributed by atoms with Crippen molar-refractivity contribution in [3.63, 3.8) is 0 Å². The lowest BCUT2D eigenvalue weighted by atomic mass is 10.1. The van der Waals surface area contributed by atoms with Crippen molar-refractivity contribution in [1.82, 2.24) is 4.98 Å². The standard InChI is InChI=1S/C14H14ClNO2S/c15-3-1-7-19-14-11-9-13-12(17-5-6-18-13)8-10(11)2-4-16-14/h2,4,8-9H,1,3,5-7H2. The number of aromatic nitrogens is 1. The van der Waals surface area contributed by atoms with Crippen LogP contribution < -0.4 is 9.47 Å². The van der Waals surface area contributed by atoms with E-state index in [0.29, 0.717) is 19.1 Å². The zero-order valence-electron chi connectivity index (χ0n) is 10.4. The first-order chi connectivity index (χ1) is 9.38. The van der Waals surface area contributed by atoms with Crippen LogP contribution in [0.2, 0.25) is 0 Å². The zero-order valence-corrected chi connectivity index (χ0v) is 12.0. The van der Waals surface area contributed by atoms with Crippen molar-refractivity contribution < 1.29 is 9.47 Å². The Labute approximate surface area is 121 Å². The Kier molecular flexibility index (Phi) is 3.99. The average Bonchev–Trinajstić information content (AvgIpc) is 2.46. The fourth-order valence-corrected chi connectivity index (χ4v) is 3.26. The number of thioether (sulfide) groups is 1. The van der Waals surface area contributed by atoms with Crippen LogP contribution in [0, 0.1) is 0 Å². The summed E-state index contributed by atoms with van der Waals surface area (Å²) in [5.41, 5.74) is 0. The fourth-order valence-electron chi connectivity index (χ4n) is 2.02. The van der Waals surface area contributed by atoms with Crippen molar-refractivity contribution >= 4 is 34.1 Å². The van der Waals surface area contributed by atoms with Gasteiger partial charge in [0.25, 0.3) is 0 Å². The first-order valence-electron chi connectivity index (χ1n) is 6.25. The SMILES string of the molecule is ClCCCSc1nccc2cc3c(cc12)OCCO3. The molecule has 19 heavy (non-hydrogen) atoms. The van der Waals surface area contributed by atoms with E-state index in [4.69, 9.17) is 21.1 Å². The van der Waals surface area contributed by atoms with Crippen molar-refractivity contribution in [2.24, 2.45) is 0 Å². The number of alkyl halides is 1. The van der Waals surface area contributed by atoms with Crippen LogP contribution in [0.25, 0.3) is 10.8 Å². The first kappa shape index (κ1) is 12.9. The third kappa shape index (κ3) is 2.74. The van der Waals surface area contributed by atoms with Crippen molar-refractivity contribution in [3.05, 3.63) is 24.4 Å². The molecule has 0 atom stereocenters. The van der Waals surface area contributed by atoms with Gasteiger partial charge in [-0.2, -0.15) is 0 Å². The average molecular weight is 296 g/mol. The first-order valence-corrected chi connectivity index (χ1v) is 7.77. The summed E-state index contributed by atoms with van der Waals surface area (Å²) in [6.07, 6.45) is 2.82. The molecule has 2 heterocycles. The summed E-state index contributed by atoms with van der Waals surface area (Å²) in [7, 11) is 0. The van der Waals surface area contributed by atoms with E-state index in [0.717, 1.165) is 39.5 Å². The summed E-state index contributed by atoms with van der Waals surface area (Å²) < 4.78 is 11.2. The van der Waals surface area contributed by atoms with E-state index < -0.39 is 0 Å². The number of hydrogen-bond acceptors (Lipinski definition) is 4. The molecule has 1 aliphatic rings. The molecule has 0 saturated heterocycles. The lowest BCUT2D eigenvalue weighted by molar-refractivity contribution is 0.172. The zero-order chi connectivity index (χ0) is 13.1. The summed E-state index contributed by atoms with van der Waals surface area (Å²) in [5.74, 6) is 3.29. The Morgan fingerprint density at radius 2 is 2.00 bits per heavy atom. The highest BCUT2D eigenvalue weighted by molar-refractivity contribution is 7.99. The third-order valence-corrected chi connectivity index (χ3v) is 4.27. The molecule has 0 bridgehead atoms. The second-order valence-corrected chi connectivity index (χ2v) is 5.69. The maximum absolute atomic E-state index is 5.71. The van der Waals surface area contributed by atoms with Gasteiger partial charge in [0.1, 0.15) is 18.2 Å². The van der Waals surface area contributed by atoms with E-state index in [1.807, 2.05) is 24.4 Å². The predicted molar refractivity (Wildman–Crippen MR) is 78.8 cm³/mol. The Bertz CT molecular complexity index is 591. The Balaban J connectivity index is 1.98. The summed E-state index contributed by atoms with van der Waals surface area (Å²) in [5, 5.41) is 3.28. The second-order valence-electron chi connectivity index (χ2n) is 4.22. The maximum Gasteiger partial charge on any atom is 0.162 e. The minimum absolute atomic E-state index is 0.605. The molecule has 1 aliphatic heterocycles. The molecule has 0 saturated carbocycles. The van der Waals surface area contributed by atoms with Gasteiger partial charge in [-0.3, -0.25) is 0 Å². The Morgan fingerprint density at radius 3 is 2.79 bits per heavy atom. The summed E-state index contributed by atoms with van der Waals surface area (Å²) in [6.45, 7) is 1.22. The van der Waals surface area contributed by atoms with Gasteiger partial charge in [0.15, 0.2) is 11.5 Å². The topological polar surface area (TPSA) is 31.4 Å². The molecular weight excluding hydrogens is 282 g/mol. The molecule has 0 radical (unpaired) electrons. The Hall–Kier alpha value is -1.13. The van der Waals surface area contributed by atoms with E-state index >= 15 is 0 Å². The van der Waals surface area contributed by atoms with Gasteiger partial charge in [-0.25, -0.2) is 4.98 Å². The number of ether oxygens (including phenoxy) is 2. The van der Waals surface area contributed by atoms with Crippen LogP contribution in [0.5, 0.6) is 11.5 Å². The molecule has 0 amide bonds. The molecule has 5 heteroatoms. The Morgan fingerprint density at radius 1 is 1.21 bits per heavy atom. The van der Waals surface area contributed by atoms with Crippen LogP contribution in [0.3, 0.4) is 0 Å². The van der Waals surface area contributed by atoms with E-state index in [1.54, 1.807) is 11.8 Å². The number of halogens is 1. The van der Waals surface area contributed by atoms with Gasteiger partial charge < -0.3 is 9.47 Å². The molecular formula is C14H14ClNO2S. The van der Waals surface area contributed by atoms with Crippen LogP contribution >= 0.6 is 23.4 Å².